The van der Waals surface area contributed by atoms with Crippen molar-refractivity contribution in [2.75, 3.05) is 22.5 Å². The van der Waals surface area contributed by atoms with Crippen LogP contribution in [0.15, 0.2) is 0 Å². The summed E-state index contributed by atoms with van der Waals surface area (Å²) >= 11 is 0. The summed E-state index contributed by atoms with van der Waals surface area (Å²) in [7, 11) is -3.66. The molecule has 4 saturated carbocycles. The van der Waals surface area contributed by atoms with Gasteiger partial charge in [0.05, 0.1) is 16.9 Å². The Morgan fingerprint density at radius 1 is 1.14 bits per heavy atom. The van der Waals surface area contributed by atoms with Crippen molar-refractivity contribution in [3.63, 3.8) is 0 Å². The number of hydrogen-bond donors (Lipinski definition) is 4. The van der Waals surface area contributed by atoms with Gasteiger partial charge in [0.25, 0.3) is 10.1 Å². The number of hydrogen-bond acceptors (Lipinski definition) is 7. The van der Waals surface area contributed by atoms with E-state index in [4.69, 9.17) is 16.0 Å². The van der Waals surface area contributed by atoms with E-state index in [1.165, 1.54) is 26.2 Å². The molecule has 0 aliphatic heterocycles. The van der Waals surface area contributed by atoms with Crippen LogP contribution in [0.1, 0.15) is 51.1 Å². The number of carbonyl (C=O) groups is 1. The van der Waals surface area contributed by atoms with Gasteiger partial charge in [-0.15, -0.1) is 0 Å². The van der Waals surface area contributed by atoms with Crippen molar-refractivity contribution in [2.24, 2.45) is 23.2 Å². The third-order valence-corrected chi connectivity index (χ3v) is 6.99. The summed E-state index contributed by atoms with van der Waals surface area (Å²) in [5.74, 6) is 2.50. The number of rotatable bonds is 3. The smallest absolute Gasteiger partial charge is 0.264 e. The minimum Gasteiger partial charge on any atom is -0.382 e. The summed E-state index contributed by atoms with van der Waals surface area (Å²) in [5, 5.41) is 3.02. The molecular weight excluding hydrogens is 382 g/mol. The van der Waals surface area contributed by atoms with Crippen LogP contribution in [0, 0.1) is 30.1 Å². The Bertz CT molecular complexity index is 812. The van der Waals surface area contributed by atoms with Gasteiger partial charge in [-0.1, -0.05) is 0 Å². The maximum atomic E-state index is 13.0. The van der Waals surface area contributed by atoms with Crippen molar-refractivity contribution in [1.29, 1.82) is 0 Å². The molecule has 5 rings (SSSR count). The molecule has 4 aliphatic carbocycles. The third-order valence-electron chi connectivity index (χ3n) is 6.26. The van der Waals surface area contributed by atoms with Crippen LogP contribution < -0.4 is 16.8 Å². The fourth-order valence-electron chi connectivity index (χ4n) is 5.41. The molecule has 0 atom stereocenters. The maximum Gasteiger partial charge on any atom is 0.264 e. The zero-order valence-electron chi connectivity index (χ0n) is 16.3. The molecule has 4 fully saturated rings. The van der Waals surface area contributed by atoms with Gasteiger partial charge in [-0.05, 0) is 70.1 Å². The monoisotopic (exact) mass is 411 g/mol. The molecule has 1 amide bonds. The summed E-state index contributed by atoms with van der Waals surface area (Å²) in [6, 6.07) is 0. The highest BCUT2D eigenvalue weighted by Crippen LogP contribution is 2.60. The Hall–Kier alpha value is -1.94. The van der Waals surface area contributed by atoms with Crippen LogP contribution in [0.3, 0.4) is 0 Å². The van der Waals surface area contributed by atoms with Crippen LogP contribution in [0.25, 0.3) is 0 Å². The van der Waals surface area contributed by atoms with Crippen LogP contribution in [0.2, 0.25) is 0 Å². The predicted molar refractivity (Wildman–Crippen MR) is 107 cm³/mol. The molecule has 0 aromatic carbocycles. The van der Waals surface area contributed by atoms with Gasteiger partial charge in [-0.25, -0.2) is 4.98 Å². The minimum absolute atomic E-state index is 0.106. The van der Waals surface area contributed by atoms with Crippen molar-refractivity contribution in [3.05, 3.63) is 5.69 Å². The number of carbonyl (C=O) groups excluding carboxylic acids is 1. The van der Waals surface area contributed by atoms with Gasteiger partial charge in [0.15, 0.2) is 5.82 Å². The number of aryl methyl sites for hydroxylation is 1. The largest absolute Gasteiger partial charge is 0.382 e. The number of aromatic nitrogens is 2. The number of anilines is 3. The van der Waals surface area contributed by atoms with Crippen molar-refractivity contribution in [1.82, 2.24) is 9.97 Å². The Labute approximate surface area is 165 Å². The summed E-state index contributed by atoms with van der Waals surface area (Å²) in [4.78, 5) is 21.1. The van der Waals surface area contributed by atoms with Crippen molar-refractivity contribution >= 4 is 33.5 Å². The molecule has 0 radical (unpaired) electrons. The standard InChI is InChI=1S/C16H23N5O.C2H6O3S/c1-8-12(13(17)21-15(18)19-8)20-14(22)16-5-9-2-10(6-16)4-11(3-9)7-16;1-2-6(3,4)5/h9-11H,2-7H2,1H3,(H,20,22)(H4,17,18,19,21);2H2,1H3,(H,3,4,5). The molecule has 4 aliphatic rings. The molecule has 0 saturated heterocycles. The van der Waals surface area contributed by atoms with Crippen LogP contribution in [0.4, 0.5) is 17.5 Å². The van der Waals surface area contributed by atoms with E-state index in [0.717, 1.165) is 37.0 Å². The van der Waals surface area contributed by atoms with Gasteiger partial charge in [0.2, 0.25) is 11.9 Å². The quantitative estimate of drug-likeness (QED) is 0.549. The molecular formula is C18H29N5O4S. The fourth-order valence-corrected chi connectivity index (χ4v) is 5.41. The van der Waals surface area contributed by atoms with Gasteiger partial charge in [0, 0.05) is 0 Å². The molecule has 156 valence electrons. The van der Waals surface area contributed by atoms with E-state index in [0.29, 0.717) is 11.4 Å². The number of nitrogens with two attached hydrogens (primary N) is 2. The van der Waals surface area contributed by atoms with Crippen molar-refractivity contribution < 1.29 is 17.8 Å². The lowest BCUT2D eigenvalue weighted by Crippen LogP contribution is -2.51. The van der Waals surface area contributed by atoms with Crippen LogP contribution in [0.5, 0.6) is 0 Å². The SMILES string of the molecule is CCS(=O)(=O)O.Cc1nc(N)nc(N)c1NC(=O)C12CC3CC(CC(C3)C1)C2. The predicted octanol–water partition coefficient (Wildman–Crippen LogP) is 2.00. The summed E-state index contributed by atoms with van der Waals surface area (Å²) in [5.41, 5.74) is 12.5. The van der Waals surface area contributed by atoms with Gasteiger partial charge < -0.3 is 16.8 Å². The minimum atomic E-state index is -3.66. The first-order chi connectivity index (χ1) is 13.0. The average molecular weight is 412 g/mol. The second kappa shape index (κ2) is 7.47. The lowest BCUT2D eigenvalue weighted by Gasteiger charge is -2.55. The van der Waals surface area contributed by atoms with E-state index in [1.54, 1.807) is 6.92 Å². The fraction of sp³-hybridized carbons (Fsp3) is 0.722. The molecule has 4 bridgehead atoms. The number of amides is 1. The first-order valence-electron chi connectivity index (χ1n) is 9.67. The average Bonchev–Trinajstić information content (AvgIpc) is 2.56. The van der Waals surface area contributed by atoms with Gasteiger partial charge in [-0.3, -0.25) is 9.35 Å². The van der Waals surface area contributed by atoms with Gasteiger partial charge in [0.1, 0.15) is 5.69 Å². The Morgan fingerprint density at radius 2 is 1.61 bits per heavy atom. The van der Waals surface area contributed by atoms with Crippen LogP contribution in [-0.2, 0) is 14.9 Å². The highest BCUT2D eigenvalue weighted by Gasteiger charge is 2.54. The van der Waals surface area contributed by atoms with Crippen molar-refractivity contribution in [3.8, 4) is 0 Å². The van der Waals surface area contributed by atoms with E-state index in [2.05, 4.69) is 15.3 Å². The highest BCUT2D eigenvalue weighted by atomic mass is 32.2. The molecule has 1 aromatic rings. The molecule has 1 aromatic heterocycles. The number of nitrogens with zero attached hydrogens (tertiary/aromatic N) is 2. The van der Waals surface area contributed by atoms with E-state index in [-0.39, 0.29) is 28.8 Å². The molecule has 9 nitrogen and oxygen atoms in total. The Morgan fingerprint density at radius 3 is 2.00 bits per heavy atom. The van der Waals surface area contributed by atoms with Crippen molar-refractivity contribution in [2.45, 2.75) is 52.4 Å². The van der Waals surface area contributed by atoms with E-state index < -0.39 is 10.1 Å². The molecule has 28 heavy (non-hydrogen) atoms. The molecule has 6 N–H and O–H groups in total. The summed E-state index contributed by atoms with van der Waals surface area (Å²) in [6.07, 6.45) is 7.04. The van der Waals surface area contributed by atoms with Gasteiger partial charge >= 0.3 is 0 Å². The van der Waals surface area contributed by atoms with E-state index in [1.807, 2.05) is 0 Å². The maximum absolute atomic E-state index is 13.0. The zero-order chi connectivity index (χ0) is 20.7. The Balaban J connectivity index is 0.000000330. The summed E-state index contributed by atoms with van der Waals surface area (Å²) in [6.45, 7) is 3.17. The van der Waals surface area contributed by atoms with E-state index >= 15 is 0 Å². The number of nitrogen functional groups attached to an aromatic ring is 2. The first-order valence-corrected chi connectivity index (χ1v) is 11.3. The lowest BCUT2D eigenvalue weighted by molar-refractivity contribution is -0.140. The molecule has 10 heteroatoms. The van der Waals surface area contributed by atoms with E-state index in [9.17, 15) is 13.2 Å². The third kappa shape index (κ3) is 4.38. The highest BCUT2D eigenvalue weighted by molar-refractivity contribution is 7.85. The molecule has 0 unspecified atom stereocenters. The second-order valence-electron chi connectivity index (χ2n) is 8.45. The Kier molecular flexibility index (Phi) is 5.55. The lowest BCUT2D eigenvalue weighted by atomic mass is 9.49. The first kappa shape index (κ1) is 20.8. The number of nitrogens with one attached hydrogen (secondary N) is 1. The zero-order valence-corrected chi connectivity index (χ0v) is 17.1. The van der Waals surface area contributed by atoms with Crippen LogP contribution >= 0.6 is 0 Å². The topological polar surface area (TPSA) is 161 Å². The molecule has 0 spiro atoms. The summed E-state index contributed by atoms with van der Waals surface area (Å²) < 4.78 is 26.9. The van der Waals surface area contributed by atoms with Gasteiger partial charge in [-0.2, -0.15) is 13.4 Å². The molecule has 1 heterocycles. The van der Waals surface area contributed by atoms with Crippen LogP contribution in [-0.4, -0.2) is 34.6 Å². The normalized spacial score (nSPS) is 30.5. The second-order valence-corrected chi connectivity index (χ2v) is 10.2.